The van der Waals surface area contributed by atoms with Crippen LogP contribution >= 0.6 is 0 Å². The zero-order chi connectivity index (χ0) is 42.8. The molecule has 0 spiro atoms. The molecule has 9 rings (SSSR count). The van der Waals surface area contributed by atoms with Crippen molar-refractivity contribution >= 4 is 12.1 Å². The smallest absolute Gasteiger partial charge is 0.362 e. The van der Waals surface area contributed by atoms with Crippen LogP contribution in [-0.4, -0.2) is 76.3 Å². The number of amides is 4. The molecule has 5 aromatic rings. The van der Waals surface area contributed by atoms with Crippen LogP contribution in [0.4, 0.5) is 9.59 Å². The number of aliphatic hydroxyl groups excluding tert-OH is 1. The first kappa shape index (κ1) is 43.9. The zero-order valence-corrected chi connectivity index (χ0v) is 35.4. The van der Waals surface area contributed by atoms with Crippen LogP contribution in [0.5, 0.6) is 17.2 Å². The van der Waals surface area contributed by atoms with Crippen LogP contribution in [0.1, 0.15) is 85.5 Å². The zero-order valence-electron chi connectivity index (χ0n) is 35.4. The lowest BCUT2D eigenvalue weighted by molar-refractivity contribution is 0.187. The third-order valence-corrected chi connectivity index (χ3v) is 11.6. The molecule has 4 heterocycles. The number of carbonyl (C=O) groups is 2. The molecule has 0 bridgehead atoms. The van der Waals surface area contributed by atoms with Crippen molar-refractivity contribution in [3.05, 3.63) is 150 Å². The minimum atomic E-state index is -0.375. The van der Waals surface area contributed by atoms with E-state index in [2.05, 4.69) is 38.4 Å². The van der Waals surface area contributed by atoms with E-state index in [1.807, 2.05) is 97.3 Å². The number of azo groups is 1. The van der Waals surface area contributed by atoms with Crippen molar-refractivity contribution in [1.82, 2.24) is 19.8 Å². The van der Waals surface area contributed by atoms with Crippen LogP contribution in [0.25, 0.3) is 0 Å². The predicted molar refractivity (Wildman–Crippen MR) is 237 cm³/mol. The van der Waals surface area contributed by atoms with Crippen LogP contribution in [-0.2, 0) is 13.2 Å². The summed E-state index contributed by atoms with van der Waals surface area (Å²) in [4.78, 5) is 35.3. The highest BCUT2D eigenvalue weighted by Crippen LogP contribution is 2.48. The van der Waals surface area contributed by atoms with Crippen molar-refractivity contribution in [3.8, 4) is 17.2 Å². The molecule has 12 heteroatoms. The summed E-state index contributed by atoms with van der Waals surface area (Å²) >= 11 is 0. The van der Waals surface area contributed by atoms with Crippen molar-refractivity contribution in [1.29, 1.82) is 0 Å². The Morgan fingerprint density at radius 3 is 1.44 bits per heavy atom. The molecule has 0 unspecified atom stereocenters. The molecule has 62 heavy (non-hydrogen) atoms. The number of urea groups is 2. The maximum Gasteiger partial charge on any atom is 0.362 e. The number of carbonyl (C=O) groups excluding carboxylic acids is 2. The standard InChI is InChI=1S/C22H21NO2.C16H17NO2.C12H20N4O2/c1-3-7-17(8-4-1)15-24-21-11-18(13-23-14-21)22-12-19(22)16-25-20-9-5-2-6-10-20;18-10-14-7-16(14)13-6-15(9-17-8-13)19-11-12-4-2-1-3-5-12;17-11(15-7-3-1-4-8-15)13-14-12(18)16-9-5-2-6-10-16/h1-11,13-14,19,22H,12,15-16H2;1-6,8-9,14,16,18H,7,10-11H2;1-10H2/t19-,22-;14-,16-;/m11./s1. The van der Waals surface area contributed by atoms with Gasteiger partial charge in [0.25, 0.3) is 0 Å². The molecule has 3 aromatic carbocycles. The van der Waals surface area contributed by atoms with Gasteiger partial charge in [0.05, 0.1) is 19.0 Å². The molecule has 12 nitrogen and oxygen atoms in total. The number of benzene rings is 3. The number of ether oxygens (including phenoxy) is 3. The normalized spacial score (nSPS) is 20.1. The largest absolute Gasteiger partial charge is 0.493 e. The first-order valence-corrected chi connectivity index (χ1v) is 22.0. The molecular formula is C50H58N6O6. The number of piperidine rings is 2. The molecule has 2 aromatic heterocycles. The summed E-state index contributed by atoms with van der Waals surface area (Å²) in [6.45, 7) is 5.07. The van der Waals surface area contributed by atoms with E-state index < -0.39 is 0 Å². The van der Waals surface area contributed by atoms with Crippen molar-refractivity contribution in [2.75, 3.05) is 39.4 Å². The third kappa shape index (κ3) is 14.0. The van der Waals surface area contributed by atoms with E-state index in [1.165, 1.54) is 11.1 Å². The minimum absolute atomic E-state index is 0.264. The summed E-state index contributed by atoms with van der Waals surface area (Å²) in [5.74, 6) is 4.51. The number of pyridine rings is 2. The first-order valence-electron chi connectivity index (χ1n) is 22.0. The predicted octanol–water partition coefficient (Wildman–Crippen LogP) is 10.2. The van der Waals surface area contributed by atoms with Crippen molar-refractivity contribution in [2.24, 2.45) is 22.1 Å². The van der Waals surface area contributed by atoms with Gasteiger partial charge in [-0.1, -0.05) is 89.1 Å². The Bertz CT molecular complexity index is 2120. The van der Waals surface area contributed by atoms with Gasteiger partial charge < -0.3 is 29.1 Å². The van der Waals surface area contributed by atoms with E-state index in [0.29, 0.717) is 36.9 Å². The average Bonchev–Trinajstić information content (AvgIpc) is 4.30. The molecule has 4 atom stereocenters. The van der Waals surface area contributed by atoms with Crippen LogP contribution in [0, 0.1) is 11.8 Å². The lowest BCUT2D eigenvalue weighted by Gasteiger charge is -2.25. The highest BCUT2D eigenvalue weighted by Gasteiger charge is 2.39. The van der Waals surface area contributed by atoms with E-state index in [-0.39, 0.29) is 18.7 Å². The Morgan fingerprint density at radius 2 is 0.984 bits per heavy atom. The van der Waals surface area contributed by atoms with Gasteiger partial charge in [0.15, 0.2) is 0 Å². The van der Waals surface area contributed by atoms with Crippen LogP contribution in [0.2, 0.25) is 0 Å². The number of hydrogen-bond acceptors (Lipinski definition) is 8. The van der Waals surface area contributed by atoms with E-state index in [4.69, 9.17) is 19.3 Å². The fourth-order valence-corrected chi connectivity index (χ4v) is 7.72. The van der Waals surface area contributed by atoms with Crippen LogP contribution in [0.3, 0.4) is 0 Å². The maximum atomic E-state index is 11.7. The molecule has 2 aliphatic carbocycles. The van der Waals surface area contributed by atoms with Gasteiger partial charge in [-0.15, -0.1) is 0 Å². The summed E-state index contributed by atoms with van der Waals surface area (Å²) in [5.41, 5.74) is 4.72. The number of para-hydroxylation sites is 1. The summed E-state index contributed by atoms with van der Waals surface area (Å²) in [6, 6.07) is 33.7. The second-order valence-electron chi connectivity index (χ2n) is 16.3. The van der Waals surface area contributed by atoms with E-state index in [9.17, 15) is 9.59 Å². The summed E-state index contributed by atoms with van der Waals surface area (Å²) in [7, 11) is 0. The Kier molecular flexibility index (Phi) is 16.4. The summed E-state index contributed by atoms with van der Waals surface area (Å²) in [5, 5.41) is 16.2. The molecule has 4 aliphatic rings. The van der Waals surface area contributed by atoms with E-state index >= 15 is 0 Å². The molecule has 324 valence electrons. The lowest BCUT2D eigenvalue weighted by atomic mass is 10.1. The molecule has 4 amide bonds. The number of likely N-dealkylation sites (tertiary alicyclic amines) is 2. The SMILES string of the molecule is O=C(N=NC(=O)N1CCCCC1)N1CCCCC1.OC[C@H]1C[C@@H]1c1cncc(OCc2ccccc2)c1.c1ccc(COc2cncc([C@H]3C[C@@H]3COc3ccccc3)c2)cc1. The molecule has 2 saturated heterocycles. The topological polar surface area (TPSA) is 139 Å². The van der Waals surface area contributed by atoms with Gasteiger partial charge in [-0.05, 0) is 116 Å². The number of rotatable bonds is 12. The van der Waals surface area contributed by atoms with E-state index in [1.54, 1.807) is 22.2 Å². The van der Waals surface area contributed by atoms with Gasteiger partial charge in [-0.25, -0.2) is 9.59 Å². The Morgan fingerprint density at radius 1 is 0.548 bits per heavy atom. The fourth-order valence-electron chi connectivity index (χ4n) is 7.72. The van der Waals surface area contributed by atoms with Gasteiger partial charge in [-0.3, -0.25) is 9.97 Å². The van der Waals surface area contributed by atoms with Gasteiger partial charge in [-0.2, -0.15) is 0 Å². The van der Waals surface area contributed by atoms with Gasteiger partial charge in [0.2, 0.25) is 0 Å². The number of nitrogens with zero attached hydrogens (tertiary/aromatic N) is 6. The maximum absolute atomic E-state index is 11.7. The van der Waals surface area contributed by atoms with Crippen molar-refractivity contribution in [3.63, 3.8) is 0 Å². The minimum Gasteiger partial charge on any atom is -0.493 e. The average molecular weight is 839 g/mol. The van der Waals surface area contributed by atoms with Crippen LogP contribution < -0.4 is 14.2 Å². The van der Waals surface area contributed by atoms with Crippen molar-refractivity contribution in [2.45, 2.75) is 76.4 Å². The van der Waals surface area contributed by atoms with Gasteiger partial charge in [0, 0.05) is 51.1 Å². The molecular weight excluding hydrogens is 781 g/mol. The van der Waals surface area contributed by atoms with Crippen LogP contribution in [0.15, 0.2) is 138 Å². The molecule has 4 fully saturated rings. The Labute approximate surface area is 365 Å². The Balaban J connectivity index is 0.000000143. The monoisotopic (exact) mass is 838 g/mol. The first-order chi connectivity index (χ1) is 30.5. The quantitative estimate of drug-likeness (QED) is 0.123. The van der Waals surface area contributed by atoms with Gasteiger partial charge in [0.1, 0.15) is 30.5 Å². The molecule has 2 aliphatic heterocycles. The third-order valence-electron chi connectivity index (χ3n) is 11.6. The van der Waals surface area contributed by atoms with Gasteiger partial charge >= 0.3 is 12.1 Å². The highest BCUT2D eigenvalue weighted by atomic mass is 16.5. The fraction of sp³-hybridized carbons (Fsp3) is 0.400. The number of hydrogen-bond donors (Lipinski definition) is 1. The number of aromatic nitrogens is 2. The summed E-state index contributed by atoms with van der Waals surface area (Å²) in [6.07, 6.45) is 15.9. The molecule has 2 saturated carbocycles. The molecule has 1 N–H and O–H groups in total. The second-order valence-corrected chi connectivity index (χ2v) is 16.3. The molecule has 0 radical (unpaired) electrons. The lowest BCUT2D eigenvalue weighted by Crippen LogP contribution is -2.35. The number of aliphatic hydroxyl groups is 1. The van der Waals surface area contributed by atoms with E-state index in [0.717, 1.165) is 113 Å². The second kappa shape index (κ2) is 23.2. The Hall–Kier alpha value is -6.14. The van der Waals surface area contributed by atoms with Crippen molar-refractivity contribution < 1.29 is 28.9 Å². The highest BCUT2D eigenvalue weighted by molar-refractivity contribution is 5.79. The summed E-state index contributed by atoms with van der Waals surface area (Å²) < 4.78 is 17.5.